The maximum absolute atomic E-state index is 13.8. The molecule has 184 valence electrons. The molecule has 1 atom stereocenters. The van der Waals surface area contributed by atoms with Gasteiger partial charge in [0.25, 0.3) is 5.91 Å². The maximum Gasteiger partial charge on any atom is 0.295 e. The van der Waals surface area contributed by atoms with Crippen LogP contribution in [0.3, 0.4) is 0 Å². The lowest BCUT2D eigenvalue weighted by Gasteiger charge is -2.26. The number of hydrogen-bond acceptors (Lipinski definition) is 4. The van der Waals surface area contributed by atoms with E-state index in [-0.39, 0.29) is 17.1 Å². The van der Waals surface area contributed by atoms with Crippen LogP contribution in [0.5, 0.6) is 5.75 Å². The molecule has 3 aromatic carbocycles. The number of carbonyl (C=O) groups is 1. The van der Waals surface area contributed by atoms with Gasteiger partial charge in [0.2, 0.25) is 5.76 Å². The minimum absolute atomic E-state index is 0.0594. The molecule has 5 rings (SSSR count). The Bertz CT molecular complexity index is 1540. The largest absolute Gasteiger partial charge is 0.494 e. The molecule has 0 fully saturated rings. The number of ether oxygens (including phenoxy) is 1. The van der Waals surface area contributed by atoms with Crippen LogP contribution in [0.25, 0.3) is 11.0 Å². The number of nitrogens with zero attached hydrogens (tertiary/aromatic N) is 1. The van der Waals surface area contributed by atoms with Crippen molar-refractivity contribution in [2.75, 3.05) is 11.5 Å². The first-order valence-electron chi connectivity index (χ1n) is 12.1. The second-order valence-electron chi connectivity index (χ2n) is 9.79. The molecule has 0 N–H and O–H groups in total. The Balaban J connectivity index is 1.70. The fourth-order valence-corrected chi connectivity index (χ4v) is 4.76. The number of benzene rings is 3. The summed E-state index contributed by atoms with van der Waals surface area (Å²) in [6, 6.07) is 17.8. The summed E-state index contributed by atoms with van der Waals surface area (Å²) in [7, 11) is 0. The van der Waals surface area contributed by atoms with Crippen LogP contribution >= 0.6 is 11.6 Å². The third-order valence-electron chi connectivity index (χ3n) is 6.60. The number of hydrogen-bond donors (Lipinski definition) is 0. The molecule has 1 aromatic heterocycles. The normalized spacial score (nSPS) is 15.1. The average molecular weight is 502 g/mol. The number of amides is 1. The van der Waals surface area contributed by atoms with E-state index in [1.54, 1.807) is 23.1 Å². The third-order valence-corrected chi connectivity index (χ3v) is 7.00. The van der Waals surface area contributed by atoms with Gasteiger partial charge in [0.15, 0.2) is 5.43 Å². The predicted molar refractivity (Wildman–Crippen MR) is 143 cm³/mol. The molecule has 2 heterocycles. The molecule has 1 aliphatic rings. The molecule has 4 aromatic rings. The fraction of sp³-hybridized carbons (Fsp3) is 0.267. The zero-order valence-electron chi connectivity index (χ0n) is 20.8. The number of aryl methyl sites for hydroxylation is 2. The molecule has 1 unspecified atom stereocenters. The molecule has 6 heteroatoms. The number of rotatable bonds is 6. The molecule has 0 radical (unpaired) electrons. The fourth-order valence-electron chi connectivity index (χ4n) is 4.59. The maximum atomic E-state index is 13.8. The van der Waals surface area contributed by atoms with Gasteiger partial charge >= 0.3 is 0 Å². The summed E-state index contributed by atoms with van der Waals surface area (Å²) in [5.41, 5.74) is 3.72. The van der Waals surface area contributed by atoms with E-state index in [9.17, 15) is 9.59 Å². The predicted octanol–water partition coefficient (Wildman–Crippen LogP) is 7.24. The molecule has 36 heavy (non-hydrogen) atoms. The van der Waals surface area contributed by atoms with E-state index in [1.165, 1.54) is 0 Å². The highest BCUT2D eigenvalue weighted by molar-refractivity contribution is 6.31. The van der Waals surface area contributed by atoms with Crippen LogP contribution in [0, 0.1) is 19.8 Å². The summed E-state index contributed by atoms with van der Waals surface area (Å²) in [4.78, 5) is 29.2. The molecule has 0 spiro atoms. The van der Waals surface area contributed by atoms with Crippen molar-refractivity contribution >= 4 is 34.2 Å². The van der Waals surface area contributed by atoms with Crippen molar-refractivity contribution in [3.63, 3.8) is 0 Å². The molecule has 1 aliphatic heterocycles. The van der Waals surface area contributed by atoms with Gasteiger partial charge in [0.1, 0.15) is 11.3 Å². The van der Waals surface area contributed by atoms with Gasteiger partial charge in [0.05, 0.1) is 23.6 Å². The Morgan fingerprint density at radius 2 is 1.83 bits per heavy atom. The molecular weight excluding hydrogens is 474 g/mol. The first-order chi connectivity index (χ1) is 17.2. The zero-order valence-corrected chi connectivity index (χ0v) is 21.6. The van der Waals surface area contributed by atoms with Crippen molar-refractivity contribution in [2.24, 2.45) is 5.92 Å². The number of fused-ring (bicyclic) bond motifs is 2. The summed E-state index contributed by atoms with van der Waals surface area (Å²) < 4.78 is 12.1. The molecule has 0 saturated carbocycles. The number of anilines is 1. The smallest absolute Gasteiger partial charge is 0.295 e. The van der Waals surface area contributed by atoms with Crippen molar-refractivity contribution < 1.29 is 13.9 Å². The van der Waals surface area contributed by atoms with Crippen molar-refractivity contribution in [3.05, 3.63) is 104 Å². The molecule has 0 aliphatic carbocycles. The summed E-state index contributed by atoms with van der Waals surface area (Å²) in [6.07, 6.45) is 0.928. The average Bonchev–Trinajstić information content (AvgIpc) is 3.14. The second kappa shape index (κ2) is 9.47. The van der Waals surface area contributed by atoms with Gasteiger partial charge in [-0.1, -0.05) is 55.3 Å². The first-order valence-corrected chi connectivity index (χ1v) is 12.5. The van der Waals surface area contributed by atoms with Gasteiger partial charge in [-0.2, -0.15) is 0 Å². The summed E-state index contributed by atoms with van der Waals surface area (Å²) in [6.45, 7) is 8.72. The first kappa shape index (κ1) is 24.1. The Kier molecular flexibility index (Phi) is 6.35. The van der Waals surface area contributed by atoms with Gasteiger partial charge in [0, 0.05) is 10.7 Å². The van der Waals surface area contributed by atoms with E-state index in [0.29, 0.717) is 45.5 Å². The van der Waals surface area contributed by atoms with E-state index < -0.39 is 6.04 Å². The standard InChI is InChI=1S/C30H28ClNO4/c1-17(2)12-13-35-22-7-5-6-20(15-22)27-26-28(33)23-14-18(3)8-11-25(23)36-29(26)30(34)32(27)21-10-9-19(4)24(31)16-21/h5-11,14-17,27H,12-13H2,1-4H3. The van der Waals surface area contributed by atoms with Gasteiger partial charge in [-0.25, -0.2) is 0 Å². The lowest BCUT2D eigenvalue weighted by atomic mass is 9.97. The second-order valence-corrected chi connectivity index (χ2v) is 10.2. The Labute approximate surface area is 215 Å². The Morgan fingerprint density at radius 1 is 1.03 bits per heavy atom. The topological polar surface area (TPSA) is 59.8 Å². The lowest BCUT2D eigenvalue weighted by molar-refractivity contribution is 0.0971. The lowest BCUT2D eigenvalue weighted by Crippen LogP contribution is -2.29. The third kappa shape index (κ3) is 4.28. The van der Waals surface area contributed by atoms with Crippen LogP contribution in [0.15, 0.2) is 69.9 Å². The SMILES string of the molecule is Cc1ccc2oc3c(c(=O)c2c1)C(c1cccc(OCCC(C)C)c1)N(c1ccc(C)c(Cl)c1)C3=O. The van der Waals surface area contributed by atoms with E-state index >= 15 is 0 Å². The summed E-state index contributed by atoms with van der Waals surface area (Å²) in [5.74, 6) is 0.900. The van der Waals surface area contributed by atoms with E-state index in [1.807, 2.05) is 56.3 Å². The van der Waals surface area contributed by atoms with Crippen LogP contribution in [0.4, 0.5) is 5.69 Å². The molecule has 1 amide bonds. The van der Waals surface area contributed by atoms with Crippen LogP contribution in [0.2, 0.25) is 5.02 Å². The van der Waals surface area contributed by atoms with Crippen LogP contribution < -0.4 is 15.1 Å². The molecule has 5 nitrogen and oxygen atoms in total. The van der Waals surface area contributed by atoms with E-state index in [2.05, 4.69) is 13.8 Å². The summed E-state index contributed by atoms with van der Waals surface area (Å²) >= 11 is 6.44. The molecule has 0 bridgehead atoms. The monoisotopic (exact) mass is 501 g/mol. The molecule has 0 saturated heterocycles. The van der Waals surface area contributed by atoms with Gasteiger partial charge < -0.3 is 9.15 Å². The number of carbonyl (C=O) groups excluding carboxylic acids is 1. The number of halogens is 1. The summed E-state index contributed by atoms with van der Waals surface area (Å²) in [5, 5.41) is 1.00. The minimum atomic E-state index is -0.680. The van der Waals surface area contributed by atoms with Crippen LogP contribution in [-0.4, -0.2) is 12.5 Å². The van der Waals surface area contributed by atoms with Gasteiger partial charge in [-0.3, -0.25) is 14.5 Å². The Morgan fingerprint density at radius 3 is 2.58 bits per heavy atom. The van der Waals surface area contributed by atoms with Crippen LogP contribution in [-0.2, 0) is 0 Å². The van der Waals surface area contributed by atoms with Gasteiger partial charge in [-0.15, -0.1) is 0 Å². The highest BCUT2D eigenvalue weighted by Crippen LogP contribution is 2.42. The quantitative estimate of drug-likeness (QED) is 0.279. The van der Waals surface area contributed by atoms with Crippen molar-refractivity contribution in [1.82, 2.24) is 0 Å². The molecular formula is C30H28ClNO4. The van der Waals surface area contributed by atoms with E-state index in [0.717, 1.165) is 23.1 Å². The van der Waals surface area contributed by atoms with Crippen molar-refractivity contribution in [2.45, 2.75) is 40.2 Å². The van der Waals surface area contributed by atoms with Crippen molar-refractivity contribution in [1.29, 1.82) is 0 Å². The highest BCUT2D eigenvalue weighted by Gasteiger charge is 2.43. The highest BCUT2D eigenvalue weighted by atomic mass is 35.5. The Hall–Kier alpha value is -3.57. The van der Waals surface area contributed by atoms with Crippen LogP contribution in [0.1, 0.15) is 59.1 Å². The minimum Gasteiger partial charge on any atom is -0.494 e. The van der Waals surface area contributed by atoms with Gasteiger partial charge in [-0.05, 0) is 73.7 Å². The van der Waals surface area contributed by atoms with E-state index in [4.69, 9.17) is 20.8 Å². The van der Waals surface area contributed by atoms with Crippen molar-refractivity contribution in [3.8, 4) is 5.75 Å². The zero-order chi connectivity index (χ0) is 25.6.